The maximum absolute atomic E-state index is 13.1. The van der Waals surface area contributed by atoms with Gasteiger partial charge >= 0.3 is 0 Å². The van der Waals surface area contributed by atoms with E-state index >= 15 is 0 Å². The van der Waals surface area contributed by atoms with Crippen LogP contribution in [0.3, 0.4) is 0 Å². The number of rotatable bonds is 6. The normalized spacial score (nSPS) is 16.0. The van der Waals surface area contributed by atoms with E-state index in [-0.39, 0.29) is 10.8 Å². The fourth-order valence-electron chi connectivity index (χ4n) is 4.09. The molecule has 3 aromatic rings. The van der Waals surface area contributed by atoms with Crippen LogP contribution in [0.15, 0.2) is 98.4 Å². The van der Waals surface area contributed by atoms with Crippen LogP contribution in [0, 0.1) is 0 Å². The molecule has 0 N–H and O–H groups in total. The first-order valence-electron chi connectivity index (χ1n) is 10.4. The molecule has 1 aliphatic carbocycles. The van der Waals surface area contributed by atoms with Gasteiger partial charge in [-0.3, -0.25) is 0 Å². The molecule has 31 heavy (non-hydrogen) atoms. The van der Waals surface area contributed by atoms with E-state index in [1.54, 1.807) is 30.3 Å². The van der Waals surface area contributed by atoms with Crippen LogP contribution in [0.2, 0.25) is 0 Å². The molecule has 1 aliphatic rings. The van der Waals surface area contributed by atoms with Gasteiger partial charge in [0.2, 0.25) is 0 Å². The molecule has 160 valence electrons. The third-order valence-corrected chi connectivity index (χ3v) is 10.2. The van der Waals surface area contributed by atoms with Gasteiger partial charge in [-0.2, -0.15) is 0 Å². The van der Waals surface area contributed by atoms with Gasteiger partial charge in [0.15, 0.2) is 24.5 Å². The molecule has 0 aliphatic heterocycles. The third kappa shape index (κ3) is 4.55. The summed E-state index contributed by atoms with van der Waals surface area (Å²) in [6, 6.07) is 23.5. The molecule has 0 heterocycles. The minimum absolute atomic E-state index is 0.147. The van der Waals surface area contributed by atoms with Gasteiger partial charge in [0.05, 0.1) is 32.6 Å². The Bertz CT molecular complexity index is 1150. The van der Waals surface area contributed by atoms with Crippen molar-refractivity contribution >= 4 is 26.7 Å². The molecule has 0 spiro atoms. The number of sulfone groups is 1. The first-order valence-corrected chi connectivity index (χ1v) is 13.2. The summed E-state index contributed by atoms with van der Waals surface area (Å²) in [6.07, 6.45) is 4.45. The Balaban J connectivity index is 1.76. The fourth-order valence-corrected chi connectivity index (χ4v) is 8.15. The van der Waals surface area contributed by atoms with Crippen molar-refractivity contribution in [2.45, 2.75) is 56.9 Å². The summed E-state index contributed by atoms with van der Waals surface area (Å²) < 4.78 is 26.1. The van der Waals surface area contributed by atoms with Gasteiger partial charge in [0.1, 0.15) is 0 Å². The molecule has 1 fully saturated rings. The van der Waals surface area contributed by atoms with Crippen molar-refractivity contribution in [3.8, 4) is 0 Å². The van der Waals surface area contributed by atoms with E-state index in [0.29, 0.717) is 9.79 Å². The van der Waals surface area contributed by atoms with Crippen LogP contribution in [0.4, 0.5) is 0 Å². The lowest BCUT2D eigenvalue weighted by Crippen LogP contribution is -2.25. The van der Waals surface area contributed by atoms with E-state index in [1.165, 1.54) is 0 Å². The van der Waals surface area contributed by atoms with Crippen molar-refractivity contribution < 1.29 is 18.3 Å². The van der Waals surface area contributed by atoms with E-state index in [9.17, 15) is 18.3 Å². The Morgan fingerprint density at radius 1 is 0.774 bits per heavy atom. The molecule has 6 heteroatoms. The standard InChI is InChI=1S/C25H24O4S2/c26-25(27)23-13-7-8-14-24(23)30(19-9-3-1-4-10-19)20-15-17-22(18-16-20)31(28,29)21-11-5-2-6-12-21/h1,3-4,7-10,13-18,21H,2,5-6,11-12H2. The molecule has 0 aromatic heterocycles. The maximum atomic E-state index is 13.1. The van der Waals surface area contributed by atoms with Gasteiger partial charge in [-0.1, -0.05) is 49.6 Å². The zero-order valence-electron chi connectivity index (χ0n) is 17.1. The van der Waals surface area contributed by atoms with Crippen LogP contribution in [0.5, 0.6) is 0 Å². The van der Waals surface area contributed by atoms with Gasteiger partial charge in [-0.25, -0.2) is 8.42 Å². The van der Waals surface area contributed by atoms with Gasteiger partial charge in [-0.05, 0) is 61.4 Å². The highest BCUT2D eigenvalue weighted by Gasteiger charge is 2.33. The Kier molecular flexibility index (Phi) is 6.49. The molecule has 4 rings (SSSR count). The first kappa shape index (κ1) is 21.7. The molecule has 1 saturated carbocycles. The van der Waals surface area contributed by atoms with Crippen LogP contribution in [0.1, 0.15) is 42.5 Å². The summed E-state index contributed by atoms with van der Waals surface area (Å²) >= 11 is 0. The highest BCUT2D eigenvalue weighted by atomic mass is 32.2. The van der Waals surface area contributed by atoms with Crippen molar-refractivity contribution in [3.05, 3.63) is 84.4 Å². The van der Waals surface area contributed by atoms with E-state index in [1.807, 2.05) is 48.5 Å². The van der Waals surface area contributed by atoms with Crippen LogP contribution < -0.4 is 5.11 Å². The highest BCUT2D eigenvalue weighted by Crippen LogP contribution is 2.35. The second kappa shape index (κ2) is 9.28. The van der Waals surface area contributed by atoms with Gasteiger partial charge < -0.3 is 9.90 Å². The Morgan fingerprint density at radius 2 is 1.35 bits per heavy atom. The minimum atomic E-state index is -3.36. The van der Waals surface area contributed by atoms with Crippen LogP contribution >= 0.6 is 0 Å². The molecular formula is C25H24O4S2. The van der Waals surface area contributed by atoms with Crippen molar-refractivity contribution in [3.63, 3.8) is 0 Å². The topological polar surface area (TPSA) is 74.3 Å². The number of carbonyl (C=O) groups is 1. The fraction of sp³-hybridized carbons (Fsp3) is 0.240. The molecule has 1 unspecified atom stereocenters. The zero-order chi connectivity index (χ0) is 21.8. The Morgan fingerprint density at radius 3 is 2.00 bits per heavy atom. The number of carbonyl (C=O) groups excluding carboxylic acids is 1. The summed E-state index contributed by atoms with van der Waals surface area (Å²) in [7, 11) is -4.06. The Hall–Kier alpha value is -2.57. The predicted octanol–water partition coefficient (Wildman–Crippen LogP) is 4.25. The summed E-state index contributed by atoms with van der Waals surface area (Å²) in [4.78, 5) is 14.6. The van der Waals surface area contributed by atoms with Crippen molar-refractivity contribution in [1.29, 1.82) is 0 Å². The predicted molar refractivity (Wildman–Crippen MR) is 120 cm³/mol. The van der Waals surface area contributed by atoms with E-state index in [4.69, 9.17) is 0 Å². The second-order valence-corrected chi connectivity index (χ2v) is 11.9. The molecule has 0 radical (unpaired) electrons. The third-order valence-electron chi connectivity index (χ3n) is 5.68. The summed E-state index contributed by atoms with van der Waals surface area (Å²) in [5, 5.41) is 11.5. The summed E-state index contributed by atoms with van der Waals surface area (Å²) in [6.45, 7) is 0. The van der Waals surface area contributed by atoms with E-state index in [0.717, 1.165) is 41.9 Å². The number of hydrogen-bond acceptors (Lipinski definition) is 4. The number of carboxylic acids is 1. The lowest BCUT2D eigenvalue weighted by Gasteiger charge is -2.21. The number of carboxylic acid groups (broad SMARTS) is 1. The van der Waals surface area contributed by atoms with E-state index < -0.39 is 26.7 Å². The lowest BCUT2D eigenvalue weighted by molar-refractivity contribution is -0.255. The molecule has 1 atom stereocenters. The van der Waals surface area contributed by atoms with Crippen LogP contribution in [-0.2, 0) is 20.7 Å². The van der Waals surface area contributed by atoms with Crippen LogP contribution in [-0.4, -0.2) is 19.6 Å². The maximum Gasteiger partial charge on any atom is 0.181 e. The van der Waals surface area contributed by atoms with Crippen LogP contribution in [0.25, 0.3) is 0 Å². The van der Waals surface area contributed by atoms with Gasteiger partial charge in [0, 0.05) is 0 Å². The summed E-state index contributed by atoms with van der Waals surface area (Å²) in [5.41, 5.74) is 0.147. The second-order valence-electron chi connectivity index (χ2n) is 7.68. The Labute approximate surface area is 186 Å². The average molecular weight is 453 g/mol. The quantitative estimate of drug-likeness (QED) is 0.524. The molecule has 0 bridgehead atoms. The molecule has 3 aromatic carbocycles. The average Bonchev–Trinajstić information content (AvgIpc) is 2.81. The SMILES string of the molecule is O=C([O-])c1ccccc1[S+](c1ccccc1)c1ccc(S(=O)(=O)C2CCCCC2)cc1. The number of hydrogen-bond donors (Lipinski definition) is 0. The first-order chi connectivity index (χ1) is 15.0. The van der Waals surface area contributed by atoms with Crippen molar-refractivity contribution in [1.82, 2.24) is 0 Å². The van der Waals surface area contributed by atoms with Gasteiger partial charge in [0.25, 0.3) is 0 Å². The zero-order valence-corrected chi connectivity index (χ0v) is 18.7. The summed E-state index contributed by atoms with van der Waals surface area (Å²) in [5.74, 6) is -1.22. The van der Waals surface area contributed by atoms with Gasteiger partial charge in [-0.15, -0.1) is 0 Å². The van der Waals surface area contributed by atoms with Crippen molar-refractivity contribution in [2.75, 3.05) is 0 Å². The molecule has 0 saturated heterocycles. The molecule has 0 amide bonds. The molecular weight excluding hydrogens is 428 g/mol. The minimum Gasteiger partial charge on any atom is -0.545 e. The number of aromatic carboxylic acids is 1. The smallest absolute Gasteiger partial charge is 0.181 e. The number of benzene rings is 3. The van der Waals surface area contributed by atoms with Crippen molar-refractivity contribution in [2.24, 2.45) is 0 Å². The van der Waals surface area contributed by atoms with E-state index in [2.05, 4.69) is 0 Å². The highest BCUT2D eigenvalue weighted by molar-refractivity contribution is 7.97. The monoisotopic (exact) mass is 452 g/mol. The lowest BCUT2D eigenvalue weighted by atomic mass is 10.0. The largest absolute Gasteiger partial charge is 0.545 e. The molecule has 4 nitrogen and oxygen atoms in total.